The predicted molar refractivity (Wildman–Crippen MR) is 252 cm³/mol. The van der Waals surface area contributed by atoms with Crippen molar-refractivity contribution in [3.05, 3.63) is 82.8 Å². The summed E-state index contributed by atoms with van der Waals surface area (Å²) >= 11 is 0. The topological polar surface area (TPSA) is 175 Å². The third-order valence-corrected chi connectivity index (χ3v) is 15.2. The molecule has 1 saturated heterocycles. The highest BCUT2D eigenvalue weighted by Gasteiger charge is 2.46. The van der Waals surface area contributed by atoms with Crippen molar-refractivity contribution in [3.63, 3.8) is 0 Å². The molecule has 14 heteroatoms. The van der Waals surface area contributed by atoms with Gasteiger partial charge in [-0.25, -0.2) is 14.6 Å². The summed E-state index contributed by atoms with van der Waals surface area (Å²) in [6.07, 6.45) is 1.84. The Labute approximate surface area is 371 Å². The number of benzene rings is 3. The van der Waals surface area contributed by atoms with Crippen LogP contribution in [0, 0.1) is 17.8 Å². The Morgan fingerprint density at radius 3 is 2.14 bits per heavy atom. The van der Waals surface area contributed by atoms with Gasteiger partial charge < -0.3 is 35.1 Å². The number of aromatic amines is 1. The van der Waals surface area contributed by atoms with Crippen LogP contribution in [0.25, 0.3) is 38.5 Å². The first-order valence-corrected chi connectivity index (χ1v) is 25.4. The van der Waals surface area contributed by atoms with Crippen molar-refractivity contribution in [2.45, 2.75) is 111 Å². The first-order valence-electron chi connectivity index (χ1n) is 21.9. The number of H-pyrrole nitrogens is 1. The van der Waals surface area contributed by atoms with E-state index < -0.39 is 44.4 Å². The lowest BCUT2D eigenvalue weighted by molar-refractivity contribution is -0.135. The number of carbonyl (C=O) groups excluding carboxylic acids is 4. The number of Topliss-reactive ketones (excluding diaryl/α,β-unsaturated/α-hetero) is 1. The summed E-state index contributed by atoms with van der Waals surface area (Å²) < 4.78 is 9.59. The van der Waals surface area contributed by atoms with E-state index in [9.17, 15) is 24.3 Å². The Bertz CT molecular complexity index is 2460. The van der Waals surface area contributed by atoms with Crippen LogP contribution in [-0.2, 0) is 19.1 Å². The minimum absolute atomic E-state index is 0.109. The minimum Gasteiger partial charge on any atom is -0.453 e. The van der Waals surface area contributed by atoms with Gasteiger partial charge in [-0.1, -0.05) is 88.8 Å². The number of nitrogens with one attached hydrogen (secondary N) is 3. The average molecular weight is 877 g/mol. The highest BCUT2D eigenvalue weighted by Crippen LogP contribution is 2.40. The lowest BCUT2D eigenvalue weighted by Crippen LogP contribution is -2.52. The molecule has 1 aromatic heterocycles. The van der Waals surface area contributed by atoms with Crippen LogP contribution in [0.4, 0.5) is 9.59 Å². The van der Waals surface area contributed by atoms with Crippen LogP contribution in [-0.4, -0.2) is 96.7 Å². The zero-order valence-corrected chi connectivity index (χ0v) is 39.6. The fourth-order valence-corrected chi connectivity index (χ4v) is 11.9. The van der Waals surface area contributed by atoms with E-state index in [1.807, 2.05) is 45.7 Å². The van der Waals surface area contributed by atoms with Crippen LogP contribution >= 0.6 is 0 Å². The molecule has 3 amide bonds. The van der Waals surface area contributed by atoms with E-state index in [4.69, 9.17) is 19.5 Å². The summed E-state index contributed by atoms with van der Waals surface area (Å²) in [7, 11) is 0.791. The van der Waals surface area contributed by atoms with Gasteiger partial charge in [0.1, 0.15) is 11.9 Å². The number of ether oxygens (including phenoxy) is 2. The highest BCUT2D eigenvalue weighted by atomic mass is 28.3. The second-order valence-electron chi connectivity index (χ2n) is 18.9. The number of aromatic nitrogens is 2. The largest absolute Gasteiger partial charge is 0.453 e. The minimum atomic E-state index is -1.78. The lowest BCUT2D eigenvalue weighted by atomic mass is 9.77. The van der Waals surface area contributed by atoms with E-state index in [1.165, 1.54) is 14.2 Å². The van der Waals surface area contributed by atoms with Gasteiger partial charge >= 0.3 is 12.2 Å². The molecule has 0 bridgehead atoms. The van der Waals surface area contributed by atoms with Crippen molar-refractivity contribution in [2.24, 2.45) is 22.7 Å². The summed E-state index contributed by atoms with van der Waals surface area (Å²) in [5.41, 5.74) is 8.68. The molecule has 2 fully saturated rings. The molecule has 0 radical (unpaired) electrons. The zero-order valence-electron chi connectivity index (χ0n) is 38.6. The smallest absolute Gasteiger partial charge is 0.407 e. The molecule has 4 aromatic rings. The number of hydrogen-bond acceptors (Lipinski definition) is 9. The van der Waals surface area contributed by atoms with Gasteiger partial charge in [-0.2, -0.15) is 0 Å². The molecule has 6 rings (SSSR count). The van der Waals surface area contributed by atoms with E-state index in [0.717, 1.165) is 72.8 Å². The van der Waals surface area contributed by atoms with Gasteiger partial charge in [-0.3, -0.25) is 14.6 Å². The number of aliphatic hydroxyl groups is 1. The van der Waals surface area contributed by atoms with Gasteiger partial charge in [0.25, 0.3) is 0 Å². The van der Waals surface area contributed by atoms with Crippen LogP contribution in [0.2, 0.25) is 19.1 Å². The van der Waals surface area contributed by atoms with Gasteiger partial charge in [-0.15, -0.1) is 0 Å². The molecule has 5 unspecified atom stereocenters. The highest BCUT2D eigenvalue weighted by molar-refractivity contribution is 6.78. The van der Waals surface area contributed by atoms with Crippen molar-refractivity contribution in [3.8, 4) is 11.1 Å². The zero-order chi connectivity index (χ0) is 45.9. The number of aliphatic hydroxyl groups excluding tert-OH is 1. The Morgan fingerprint density at radius 1 is 0.889 bits per heavy atom. The molecule has 2 heterocycles. The van der Waals surface area contributed by atoms with Crippen molar-refractivity contribution >= 4 is 65.5 Å². The number of imidazole rings is 1. The number of nitrogens with zero attached hydrogens (tertiary/aromatic N) is 3. The van der Waals surface area contributed by atoms with E-state index in [-0.39, 0.29) is 29.6 Å². The Hall–Kier alpha value is -5.60. The average Bonchev–Trinajstić information content (AvgIpc) is 3.84. The Morgan fingerprint density at radius 2 is 1.52 bits per heavy atom. The predicted octanol–water partition coefficient (Wildman–Crippen LogP) is 9.14. The van der Waals surface area contributed by atoms with Crippen LogP contribution in [0.5, 0.6) is 0 Å². The lowest BCUT2D eigenvalue weighted by Gasteiger charge is -2.31. The number of alkyl carbamates (subject to hydrolysis) is 2. The molecule has 1 aliphatic heterocycles. The third-order valence-electron chi connectivity index (χ3n) is 12.5. The van der Waals surface area contributed by atoms with Crippen LogP contribution in [0.1, 0.15) is 85.2 Å². The molecule has 3 aromatic carbocycles. The number of amides is 3. The summed E-state index contributed by atoms with van der Waals surface area (Å²) in [6, 6.07) is 18.2. The molecule has 63 heavy (non-hydrogen) atoms. The number of rotatable bonds is 12. The number of methoxy groups -OCH3 is 2. The third kappa shape index (κ3) is 10.6. The fraction of sp³-hybridized carbons (Fsp3) is 0.469. The molecule has 1 saturated carbocycles. The van der Waals surface area contributed by atoms with Crippen molar-refractivity contribution < 1.29 is 33.8 Å². The van der Waals surface area contributed by atoms with Crippen LogP contribution < -0.4 is 10.6 Å². The molecule has 4 N–H and O–H groups in total. The van der Waals surface area contributed by atoms with Gasteiger partial charge in [0, 0.05) is 29.4 Å². The Kier molecular flexibility index (Phi) is 14.5. The molecule has 5 atom stereocenters. The van der Waals surface area contributed by atoms with Crippen LogP contribution in [0.15, 0.2) is 76.4 Å². The molecule has 2 aliphatic rings. The van der Waals surface area contributed by atoms with Crippen molar-refractivity contribution in [1.29, 1.82) is 0 Å². The van der Waals surface area contributed by atoms with Gasteiger partial charge in [0.15, 0.2) is 5.78 Å². The fourth-order valence-electron chi connectivity index (χ4n) is 9.05. The summed E-state index contributed by atoms with van der Waals surface area (Å²) in [4.78, 5) is 67.2. The normalized spacial score (nSPS) is 20.5. The van der Waals surface area contributed by atoms with Gasteiger partial charge in [0.2, 0.25) is 5.91 Å². The second-order valence-corrected chi connectivity index (χ2v) is 24.0. The first-order chi connectivity index (χ1) is 29.8. The molecule has 1 aliphatic carbocycles. The summed E-state index contributed by atoms with van der Waals surface area (Å²) in [5.74, 6) is -0.166. The maximum absolute atomic E-state index is 14.0. The number of aliphatic imine (C=N–C) groups is 1. The number of ketones is 1. The molecule has 0 spiro atoms. The summed E-state index contributed by atoms with van der Waals surface area (Å²) in [6.45, 7) is 18.2. The number of carbonyl (C=O) groups is 4. The monoisotopic (exact) mass is 876 g/mol. The molecule has 336 valence electrons. The van der Waals surface area contributed by atoms with E-state index in [1.54, 1.807) is 0 Å². The number of allylic oxidation sites excluding steroid dienone is 3. The molecular formula is C49H64N6O7Si. The van der Waals surface area contributed by atoms with Crippen molar-refractivity contribution in [2.75, 3.05) is 20.4 Å². The number of fused-ring (bicyclic) bond motifs is 3. The molecule has 13 nitrogen and oxygen atoms in total. The van der Waals surface area contributed by atoms with Crippen LogP contribution in [0.3, 0.4) is 0 Å². The van der Waals surface area contributed by atoms with Gasteiger partial charge in [0.05, 0.1) is 51.5 Å². The van der Waals surface area contributed by atoms with Crippen molar-refractivity contribution in [1.82, 2.24) is 25.5 Å². The quantitative estimate of drug-likeness (QED) is 0.0805. The Balaban J connectivity index is 1.21. The second kappa shape index (κ2) is 19.4. The van der Waals surface area contributed by atoms with Gasteiger partial charge in [-0.05, 0) is 103 Å². The van der Waals surface area contributed by atoms with E-state index in [0.29, 0.717) is 25.4 Å². The van der Waals surface area contributed by atoms with E-state index >= 15 is 0 Å². The maximum atomic E-state index is 14.0. The number of hydrogen-bond donors (Lipinski definition) is 4. The summed E-state index contributed by atoms with van der Waals surface area (Å²) in [5, 5.41) is 18.3. The molecular weight excluding hydrogens is 813 g/mol. The first kappa shape index (κ1) is 46.9. The SMILES string of the molecule is COC(=O)NC(C(=O)C1CC(=C(C)N=CC(=C(C)C)c2ccc(-c3ccc4c(ccc5[nH]c(C6C[Si](C)(C)CN6C(=O)C(NC(=O)OC)C(C)C)nc54)c3)cc2)CC(O)C1)C(C)C. The van der Waals surface area contributed by atoms with E-state index in [2.05, 4.69) is 97.2 Å². The standard InChI is InChI=1S/C49H64N6O7Si/c1-27(2)39(24-50-30(7)35-21-36(23-37(56)22-35)45(57)42(28(3)4)53-48(59)61-8)32-14-12-31(13-15-32)33-16-18-38-34(20-33)17-19-40-44(38)52-46(51-40)41-25-63(10,11)26-55(41)47(58)43(29(5)6)54-49(60)62-9/h12-20,24,28-29,36-37,41-43,56H,21-23,25-26H2,1-11H3,(H,51,52)(H,53,59)(H,54,60). The maximum Gasteiger partial charge on any atom is 0.407 e.